The van der Waals surface area contributed by atoms with Crippen LogP contribution in [-0.4, -0.2) is 5.11 Å². The van der Waals surface area contributed by atoms with Gasteiger partial charge in [0.25, 0.3) is 0 Å². The number of hydrogen-bond donors (Lipinski definition) is 1. The zero-order valence-corrected chi connectivity index (χ0v) is 6.04. The van der Waals surface area contributed by atoms with Gasteiger partial charge in [0.2, 0.25) is 0 Å². The van der Waals surface area contributed by atoms with Gasteiger partial charge < -0.3 is 5.11 Å². The smallest absolute Gasteiger partial charge is 0.0869 e. The van der Waals surface area contributed by atoms with Crippen LogP contribution in [0.25, 0.3) is 0 Å². The molecule has 0 spiro atoms. The highest BCUT2D eigenvalue weighted by Crippen LogP contribution is 2.17. The van der Waals surface area contributed by atoms with Gasteiger partial charge in [0, 0.05) is 0 Å². The Morgan fingerprint density at radius 2 is 1.80 bits per heavy atom. The van der Waals surface area contributed by atoms with Crippen LogP contribution in [0.5, 0.6) is 0 Å². The molecule has 0 aromatic heterocycles. The van der Waals surface area contributed by atoms with E-state index in [4.69, 9.17) is 0 Å². The number of hydrogen-bond acceptors (Lipinski definition) is 1. The molecule has 0 bridgehead atoms. The molecule has 1 N–H and O–H groups in total. The van der Waals surface area contributed by atoms with Crippen LogP contribution < -0.4 is 0 Å². The quantitative estimate of drug-likeness (QED) is 0.621. The van der Waals surface area contributed by atoms with Gasteiger partial charge in [-0.1, -0.05) is 30.3 Å². The largest absolute Gasteiger partial charge is 0.385 e. The second kappa shape index (κ2) is 2.43. The Bertz CT molecular complexity index is 196. The molecule has 1 aromatic rings. The normalized spacial score (nSPS) is 11.5. The third-order valence-corrected chi connectivity index (χ3v) is 1.40. The average Bonchev–Trinajstić information content (AvgIpc) is 1.88. The van der Waals surface area contributed by atoms with Gasteiger partial charge in [-0.05, 0) is 19.4 Å². The monoisotopic (exact) mass is 135 g/mol. The molecular weight excluding hydrogens is 124 g/mol. The van der Waals surface area contributed by atoms with Gasteiger partial charge in [-0.2, -0.15) is 0 Å². The van der Waals surface area contributed by atoms with Crippen LogP contribution in [0.1, 0.15) is 12.5 Å². The van der Waals surface area contributed by atoms with Crippen molar-refractivity contribution >= 4 is 0 Å². The zero-order valence-electron chi connectivity index (χ0n) is 6.04. The summed E-state index contributed by atoms with van der Waals surface area (Å²) in [6.45, 7) is 5.27. The first-order valence-corrected chi connectivity index (χ1v) is 3.24. The van der Waals surface area contributed by atoms with E-state index in [1.54, 1.807) is 6.92 Å². The highest BCUT2D eigenvalue weighted by molar-refractivity contribution is 5.21. The van der Waals surface area contributed by atoms with Crippen molar-refractivity contribution < 1.29 is 5.11 Å². The van der Waals surface area contributed by atoms with E-state index in [1.165, 1.54) is 0 Å². The van der Waals surface area contributed by atoms with Crippen molar-refractivity contribution in [1.29, 1.82) is 0 Å². The summed E-state index contributed by atoms with van der Waals surface area (Å²) >= 11 is 0. The predicted molar refractivity (Wildman–Crippen MR) is 41.4 cm³/mol. The SMILES string of the molecule is [CH2]C(C)(O)c1ccccc1. The molecule has 1 rings (SSSR count). The maximum Gasteiger partial charge on any atom is 0.0869 e. The molecule has 1 radical (unpaired) electrons. The molecule has 1 unspecified atom stereocenters. The summed E-state index contributed by atoms with van der Waals surface area (Å²) in [5.74, 6) is 0. The lowest BCUT2D eigenvalue weighted by Gasteiger charge is -2.16. The topological polar surface area (TPSA) is 20.2 Å². The summed E-state index contributed by atoms with van der Waals surface area (Å²) in [5.41, 5.74) is -0.114. The lowest BCUT2D eigenvalue weighted by Crippen LogP contribution is -2.15. The standard InChI is InChI=1S/C9H11O/c1-9(2,10)8-6-4-3-5-7-8/h3-7,10H,1H2,2H3. The van der Waals surface area contributed by atoms with Gasteiger partial charge in [-0.15, -0.1) is 0 Å². The average molecular weight is 135 g/mol. The predicted octanol–water partition coefficient (Wildman–Crippen LogP) is 1.73. The van der Waals surface area contributed by atoms with E-state index in [9.17, 15) is 5.11 Å². The minimum atomic E-state index is -0.957. The first-order valence-electron chi connectivity index (χ1n) is 3.24. The summed E-state index contributed by atoms with van der Waals surface area (Å²) in [5, 5.41) is 9.38. The van der Waals surface area contributed by atoms with Crippen molar-refractivity contribution in [2.45, 2.75) is 12.5 Å². The Labute approximate surface area is 61.3 Å². The number of benzene rings is 1. The van der Waals surface area contributed by atoms with Crippen molar-refractivity contribution in [3.8, 4) is 0 Å². The van der Waals surface area contributed by atoms with Crippen LogP contribution in [0.2, 0.25) is 0 Å². The third-order valence-electron chi connectivity index (χ3n) is 1.40. The highest BCUT2D eigenvalue weighted by Gasteiger charge is 2.13. The molecule has 1 nitrogen and oxygen atoms in total. The fourth-order valence-electron chi connectivity index (χ4n) is 0.797. The molecule has 0 amide bonds. The van der Waals surface area contributed by atoms with Crippen LogP contribution in [0.3, 0.4) is 0 Å². The van der Waals surface area contributed by atoms with Crippen molar-refractivity contribution in [3.63, 3.8) is 0 Å². The van der Waals surface area contributed by atoms with Crippen LogP contribution in [-0.2, 0) is 5.60 Å². The van der Waals surface area contributed by atoms with Crippen LogP contribution >= 0.6 is 0 Å². The Balaban J connectivity index is 2.97. The van der Waals surface area contributed by atoms with E-state index >= 15 is 0 Å². The molecule has 0 aliphatic rings. The Morgan fingerprint density at radius 3 is 2.10 bits per heavy atom. The van der Waals surface area contributed by atoms with E-state index in [2.05, 4.69) is 6.92 Å². The van der Waals surface area contributed by atoms with Gasteiger partial charge in [0.05, 0.1) is 5.60 Å². The van der Waals surface area contributed by atoms with E-state index in [0.717, 1.165) is 5.56 Å². The second-order valence-corrected chi connectivity index (χ2v) is 2.64. The molecule has 0 saturated heterocycles. The minimum absolute atomic E-state index is 0.843. The van der Waals surface area contributed by atoms with Gasteiger partial charge in [-0.25, -0.2) is 0 Å². The fourth-order valence-corrected chi connectivity index (χ4v) is 0.797. The molecule has 0 fully saturated rings. The lowest BCUT2D eigenvalue weighted by atomic mass is 9.99. The molecule has 10 heavy (non-hydrogen) atoms. The van der Waals surface area contributed by atoms with Gasteiger partial charge in [0.1, 0.15) is 0 Å². The Kier molecular flexibility index (Phi) is 1.77. The third kappa shape index (κ3) is 1.58. The first-order chi connectivity index (χ1) is 4.61. The summed E-state index contributed by atoms with van der Waals surface area (Å²) < 4.78 is 0. The lowest BCUT2D eigenvalue weighted by molar-refractivity contribution is 0.108. The van der Waals surface area contributed by atoms with E-state index in [-0.39, 0.29) is 0 Å². The first kappa shape index (κ1) is 7.29. The van der Waals surface area contributed by atoms with E-state index < -0.39 is 5.60 Å². The van der Waals surface area contributed by atoms with E-state index in [1.807, 2.05) is 30.3 Å². The van der Waals surface area contributed by atoms with Gasteiger partial charge >= 0.3 is 0 Å². The molecule has 0 aliphatic carbocycles. The van der Waals surface area contributed by atoms with Crippen molar-refractivity contribution in [2.75, 3.05) is 0 Å². The Hall–Kier alpha value is -0.820. The number of aliphatic hydroxyl groups is 1. The minimum Gasteiger partial charge on any atom is -0.385 e. The van der Waals surface area contributed by atoms with Gasteiger partial charge in [0.15, 0.2) is 0 Å². The van der Waals surface area contributed by atoms with Gasteiger partial charge in [-0.3, -0.25) is 0 Å². The molecule has 0 heterocycles. The maximum atomic E-state index is 9.38. The molecule has 0 aliphatic heterocycles. The summed E-state index contributed by atoms with van der Waals surface area (Å²) in [6.07, 6.45) is 0. The van der Waals surface area contributed by atoms with Crippen LogP contribution in [0.4, 0.5) is 0 Å². The maximum absolute atomic E-state index is 9.38. The van der Waals surface area contributed by atoms with Crippen molar-refractivity contribution in [3.05, 3.63) is 42.8 Å². The summed E-state index contributed by atoms with van der Waals surface area (Å²) in [6, 6.07) is 9.39. The molecule has 1 aromatic carbocycles. The summed E-state index contributed by atoms with van der Waals surface area (Å²) in [7, 11) is 0. The van der Waals surface area contributed by atoms with Crippen LogP contribution in [0, 0.1) is 6.92 Å². The highest BCUT2D eigenvalue weighted by atomic mass is 16.3. The molecule has 1 heteroatoms. The number of rotatable bonds is 1. The van der Waals surface area contributed by atoms with Crippen LogP contribution in [0.15, 0.2) is 30.3 Å². The molecule has 1 atom stereocenters. The summed E-state index contributed by atoms with van der Waals surface area (Å²) in [4.78, 5) is 0. The molecule has 0 saturated carbocycles. The van der Waals surface area contributed by atoms with E-state index in [0.29, 0.717) is 0 Å². The van der Waals surface area contributed by atoms with Crippen molar-refractivity contribution in [2.24, 2.45) is 0 Å². The Morgan fingerprint density at radius 1 is 1.30 bits per heavy atom. The molecular formula is C9H11O. The fraction of sp³-hybridized carbons (Fsp3) is 0.222. The second-order valence-electron chi connectivity index (χ2n) is 2.64. The van der Waals surface area contributed by atoms with Crippen molar-refractivity contribution in [1.82, 2.24) is 0 Å². The molecule has 53 valence electrons. The zero-order chi connectivity index (χ0) is 7.61.